The first-order valence-corrected chi connectivity index (χ1v) is 6.09. The van der Waals surface area contributed by atoms with Crippen LogP contribution in [-0.2, 0) is 0 Å². The molecule has 1 aromatic heterocycles. The van der Waals surface area contributed by atoms with Crippen molar-refractivity contribution in [2.75, 3.05) is 19.0 Å². The summed E-state index contributed by atoms with van der Waals surface area (Å²) in [5.41, 5.74) is 1.24. The highest BCUT2D eigenvalue weighted by Crippen LogP contribution is 2.29. The second kappa shape index (κ2) is 4.33. The Bertz CT molecular complexity index is 547. The highest BCUT2D eigenvalue weighted by Gasteiger charge is 2.23. The van der Waals surface area contributed by atoms with Gasteiger partial charge in [-0.1, -0.05) is 12.1 Å². The number of nitrogens with zero attached hydrogens (tertiary/aromatic N) is 3. The molecule has 5 heteroatoms. The van der Waals surface area contributed by atoms with Crippen molar-refractivity contribution in [3.63, 3.8) is 0 Å². The lowest BCUT2D eigenvalue weighted by atomic mass is 10.0. The monoisotopic (exact) mass is 244 g/mol. The number of ether oxygens (including phenoxy) is 1. The Balaban J connectivity index is 1.97. The van der Waals surface area contributed by atoms with Gasteiger partial charge in [0, 0.05) is 6.54 Å². The Morgan fingerprint density at radius 2 is 2.11 bits per heavy atom. The zero-order valence-corrected chi connectivity index (χ0v) is 10.6. The number of aryl methyl sites for hydroxylation is 1. The fourth-order valence-corrected chi connectivity index (χ4v) is 2.34. The minimum absolute atomic E-state index is 0.258. The number of fused-ring (bicyclic) bond motifs is 1. The summed E-state index contributed by atoms with van der Waals surface area (Å²) >= 11 is 0. The van der Waals surface area contributed by atoms with Crippen molar-refractivity contribution < 1.29 is 4.74 Å². The Kier molecular flexibility index (Phi) is 2.66. The van der Waals surface area contributed by atoms with Crippen molar-refractivity contribution in [2.24, 2.45) is 0 Å². The van der Waals surface area contributed by atoms with Crippen LogP contribution in [0.5, 0.6) is 5.75 Å². The molecule has 5 nitrogen and oxygen atoms in total. The molecule has 18 heavy (non-hydrogen) atoms. The number of nitrogens with one attached hydrogen (secondary N) is 1. The van der Waals surface area contributed by atoms with Crippen molar-refractivity contribution in [3.8, 4) is 5.75 Å². The molecule has 1 unspecified atom stereocenters. The van der Waals surface area contributed by atoms with Crippen molar-refractivity contribution in [1.82, 2.24) is 14.8 Å². The smallest absolute Gasteiger partial charge is 0.221 e. The van der Waals surface area contributed by atoms with E-state index in [0.717, 1.165) is 30.5 Å². The topological polar surface area (TPSA) is 52.0 Å². The van der Waals surface area contributed by atoms with Gasteiger partial charge in [0.05, 0.1) is 13.2 Å². The molecule has 1 aliphatic rings. The zero-order chi connectivity index (χ0) is 12.5. The van der Waals surface area contributed by atoms with Crippen LogP contribution in [0.1, 0.15) is 23.9 Å². The number of hydrogen-bond donors (Lipinski definition) is 1. The van der Waals surface area contributed by atoms with Crippen LogP contribution in [0.4, 0.5) is 5.95 Å². The Morgan fingerprint density at radius 1 is 1.33 bits per heavy atom. The molecule has 3 rings (SSSR count). The summed E-state index contributed by atoms with van der Waals surface area (Å²) in [6, 6.07) is 8.42. The first-order valence-electron chi connectivity index (χ1n) is 6.09. The summed E-state index contributed by atoms with van der Waals surface area (Å²) in [6.07, 6.45) is 1.02. The molecule has 2 heterocycles. The van der Waals surface area contributed by atoms with E-state index in [1.807, 2.05) is 23.7 Å². The third-order valence-electron chi connectivity index (χ3n) is 3.23. The quantitative estimate of drug-likeness (QED) is 0.878. The molecule has 0 saturated heterocycles. The SMILES string of the molecule is COc1ccc(C2CCNc3nc(C)nn32)cc1. The molecule has 0 bridgehead atoms. The molecule has 0 aliphatic carbocycles. The number of aromatic nitrogens is 3. The van der Waals surface area contributed by atoms with E-state index in [9.17, 15) is 0 Å². The molecule has 0 amide bonds. The summed E-state index contributed by atoms with van der Waals surface area (Å²) in [6.45, 7) is 2.84. The van der Waals surface area contributed by atoms with Gasteiger partial charge in [-0.3, -0.25) is 0 Å². The van der Waals surface area contributed by atoms with Crippen LogP contribution in [0.2, 0.25) is 0 Å². The number of anilines is 1. The van der Waals surface area contributed by atoms with Gasteiger partial charge in [0.1, 0.15) is 11.6 Å². The highest BCUT2D eigenvalue weighted by molar-refractivity contribution is 5.35. The molecule has 1 atom stereocenters. The largest absolute Gasteiger partial charge is 0.497 e. The summed E-state index contributed by atoms with van der Waals surface area (Å²) in [4.78, 5) is 4.38. The average molecular weight is 244 g/mol. The van der Waals surface area contributed by atoms with E-state index < -0.39 is 0 Å². The Morgan fingerprint density at radius 3 is 2.83 bits per heavy atom. The standard InChI is InChI=1S/C13H16N4O/c1-9-15-13-14-8-7-12(17(13)16-9)10-3-5-11(18-2)6-4-10/h3-6,12H,7-8H2,1-2H3,(H,14,15,16). The summed E-state index contributed by atoms with van der Waals surface area (Å²) in [5.74, 6) is 2.54. The minimum Gasteiger partial charge on any atom is -0.497 e. The molecule has 2 aromatic rings. The van der Waals surface area contributed by atoms with E-state index in [-0.39, 0.29) is 6.04 Å². The first-order chi connectivity index (χ1) is 8.78. The molecule has 0 saturated carbocycles. The van der Waals surface area contributed by atoms with Crippen molar-refractivity contribution >= 4 is 5.95 Å². The van der Waals surface area contributed by atoms with E-state index in [1.165, 1.54) is 5.56 Å². The first kappa shape index (κ1) is 11.1. The van der Waals surface area contributed by atoms with Gasteiger partial charge in [0.25, 0.3) is 0 Å². The van der Waals surface area contributed by atoms with Gasteiger partial charge in [-0.05, 0) is 31.0 Å². The fourth-order valence-electron chi connectivity index (χ4n) is 2.34. The van der Waals surface area contributed by atoms with Crippen LogP contribution in [0, 0.1) is 6.92 Å². The second-order valence-electron chi connectivity index (χ2n) is 4.43. The maximum Gasteiger partial charge on any atom is 0.221 e. The van der Waals surface area contributed by atoms with E-state index in [0.29, 0.717) is 0 Å². The van der Waals surface area contributed by atoms with Gasteiger partial charge in [-0.15, -0.1) is 0 Å². The van der Waals surface area contributed by atoms with Crippen LogP contribution in [0.25, 0.3) is 0 Å². The molecule has 0 spiro atoms. The number of rotatable bonds is 2. The number of hydrogen-bond acceptors (Lipinski definition) is 4. The molecule has 1 N–H and O–H groups in total. The summed E-state index contributed by atoms with van der Waals surface area (Å²) in [7, 11) is 1.68. The number of methoxy groups -OCH3 is 1. The van der Waals surface area contributed by atoms with Gasteiger partial charge in [0.2, 0.25) is 5.95 Å². The Hall–Kier alpha value is -2.04. The maximum absolute atomic E-state index is 5.18. The van der Waals surface area contributed by atoms with Gasteiger partial charge in [0.15, 0.2) is 0 Å². The molecule has 0 fully saturated rings. The second-order valence-corrected chi connectivity index (χ2v) is 4.43. The van der Waals surface area contributed by atoms with Crippen LogP contribution >= 0.6 is 0 Å². The fraction of sp³-hybridized carbons (Fsp3) is 0.385. The summed E-state index contributed by atoms with van der Waals surface area (Å²) < 4.78 is 7.16. The van der Waals surface area contributed by atoms with E-state index in [1.54, 1.807) is 7.11 Å². The van der Waals surface area contributed by atoms with Gasteiger partial charge >= 0.3 is 0 Å². The maximum atomic E-state index is 5.18. The van der Waals surface area contributed by atoms with Crippen molar-refractivity contribution in [2.45, 2.75) is 19.4 Å². The number of benzene rings is 1. The predicted molar refractivity (Wildman–Crippen MR) is 69.0 cm³/mol. The van der Waals surface area contributed by atoms with Crippen LogP contribution < -0.4 is 10.1 Å². The molecule has 0 radical (unpaired) electrons. The molecule has 1 aromatic carbocycles. The average Bonchev–Trinajstić information content (AvgIpc) is 2.79. The van der Waals surface area contributed by atoms with Crippen LogP contribution in [0.3, 0.4) is 0 Å². The minimum atomic E-state index is 0.258. The lowest BCUT2D eigenvalue weighted by molar-refractivity contribution is 0.413. The van der Waals surface area contributed by atoms with E-state index >= 15 is 0 Å². The molecular weight excluding hydrogens is 228 g/mol. The van der Waals surface area contributed by atoms with Crippen molar-refractivity contribution in [3.05, 3.63) is 35.7 Å². The molecule has 1 aliphatic heterocycles. The van der Waals surface area contributed by atoms with Gasteiger partial charge in [-0.2, -0.15) is 10.1 Å². The van der Waals surface area contributed by atoms with E-state index in [2.05, 4.69) is 27.5 Å². The third-order valence-corrected chi connectivity index (χ3v) is 3.23. The predicted octanol–water partition coefficient (Wildman–Crippen LogP) is 2.00. The summed E-state index contributed by atoms with van der Waals surface area (Å²) in [5, 5.41) is 7.73. The Labute approximate surface area is 106 Å². The zero-order valence-electron chi connectivity index (χ0n) is 10.6. The van der Waals surface area contributed by atoms with Gasteiger partial charge in [-0.25, -0.2) is 4.68 Å². The molecule has 94 valence electrons. The third kappa shape index (κ3) is 1.81. The lowest BCUT2D eigenvalue weighted by Gasteiger charge is -2.24. The molecular formula is C13H16N4O. The van der Waals surface area contributed by atoms with Gasteiger partial charge < -0.3 is 10.1 Å². The van der Waals surface area contributed by atoms with Crippen LogP contribution in [-0.4, -0.2) is 28.4 Å². The highest BCUT2D eigenvalue weighted by atomic mass is 16.5. The van der Waals surface area contributed by atoms with Crippen LogP contribution in [0.15, 0.2) is 24.3 Å². The van der Waals surface area contributed by atoms with Crippen molar-refractivity contribution in [1.29, 1.82) is 0 Å². The normalized spacial score (nSPS) is 18.0. The van der Waals surface area contributed by atoms with E-state index in [4.69, 9.17) is 4.74 Å². The lowest BCUT2D eigenvalue weighted by Crippen LogP contribution is -2.24.